The summed E-state index contributed by atoms with van der Waals surface area (Å²) in [5, 5.41) is 14.3. The summed E-state index contributed by atoms with van der Waals surface area (Å²) in [6.45, 7) is 3.48. The van der Waals surface area contributed by atoms with Crippen molar-refractivity contribution in [3.8, 4) is 5.75 Å². The maximum Gasteiger partial charge on any atom is 0.311 e. The van der Waals surface area contributed by atoms with Crippen molar-refractivity contribution in [2.45, 2.75) is 38.5 Å². The van der Waals surface area contributed by atoms with Crippen molar-refractivity contribution in [3.05, 3.63) is 33.9 Å². The minimum Gasteiger partial charge on any atom is -0.490 e. The van der Waals surface area contributed by atoms with Crippen LogP contribution in [0.4, 0.5) is 5.69 Å². The molecular formula is C14H20N2O4. The molecular weight excluding hydrogens is 260 g/mol. The summed E-state index contributed by atoms with van der Waals surface area (Å²) in [6, 6.07) is 5.25. The maximum atomic E-state index is 11.0. The molecule has 1 heterocycles. The van der Waals surface area contributed by atoms with E-state index in [-0.39, 0.29) is 23.6 Å². The third-order valence-electron chi connectivity index (χ3n) is 3.59. The van der Waals surface area contributed by atoms with Gasteiger partial charge in [-0.25, -0.2) is 0 Å². The molecule has 20 heavy (non-hydrogen) atoms. The van der Waals surface area contributed by atoms with Crippen LogP contribution in [0, 0.1) is 10.1 Å². The smallest absolute Gasteiger partial charge is 0.311 e. The lowest BCUT2D eigenvalue weighted by molar-refractivity contribution is -0.385. The van der Waals surface area contributed by atoms with Crippen LogP contribution in [-0.4, -0.2) is 30.8 Å². The number of hydrogen-bond acceptors (Lipinski definition) is 5. The maximum absolute atomic E-state index is 11.0. The molecule has 110 valence electrons. The summed E-state index contributed by atoms with van der Waals surface area (Å²) in [5.41, 5.74) is 0.860. The van der Waals surface area contributed by atoms with Crippen LogP contribution in [0.1, 0.15) is 25.3 Å². The summed E-state index contributed by atoms with van der Waals surface area (Å²) in [6.07, 6.45) is 2.41. The average Bonchev–Trinajstić information content (AvgIpc) is 2.98. The summed E-state index contributed by atoms with van der Waals surface area (Å²) in [7, 11) is 1.43. The van der Waals surface area contributed by atoms with E-state index in [1.165, 1.54) is 7.11 Å². The van der Waals surface area contributed by atoms with Gasteiger partial charge in [-0.1, -0.05) is 6.07 Å². The Hall–Kier alpha value is -1.66. The van der Waals surface area contributed by atoms with Gasteiger partial charge in [-0.05, 0) is 31.4 Å². The Kier molecular flexibility index (Phi) is 4.92. The minimum absolute atomic E-state index is 0.00318. The van der Waals surface area contributed by atoms with E-state index in [0.29, 0.717) is 6.54 Å². The van der Waals surface area contributed by atoms with Crippen LogP contribution in [-0.2, 0) is 11.3 Å². The van der Waals surface area contributed by atoms with Crippen LogP contribution in [0.15, 0.2) is 18.2 Å². The normalized spacial score (nSPS) is 19.8. The molecule has 1 aliphatic rings. The third kappa shape index (κ3) is 3.46. The fourth-order valence-corrected chi connectivity index (χ4v) is 2.40. The van der Waals surface area contributed by atoms with Gasteiger partial charge in [-0.2, -0.15) is 0 Å². The number of benzene rings is 1. The molecule has 0 saturated carbocycles. The average molecular weight is 280 g/mol. The highest BCUT2D eigenvalue weighted by Gasteiger charge is 2.22. The molecule has 1 aromatic carbocycles. The Morgan fingerprint density at radius 1 is 1.60 bits per heavy atom. The lowest BCUT2D eigenvalue weighted by atomic mass is 10.1. The zero-order valence-electron chi connectivity index (χ0n) is 11.8. The van der Waals surface area contributed by atoms with E-state index in [9.17, 15) is 10.1 Å². The lowest BCUT2D eigenvalue weighted by Crippen LogP contribution is -2.36. The van der Waals surface area contributed by atoms with Gasteiger partial charge in [0.1, 0.15) is 0 Å². The van der Waals surface area contributed by atoms with Gasteiger partial charge >= 0.3 is 5.69 Å². The first-order chi connectivity index (χ1) is 9.61. The topological polar surface area (TPSA) is 73.6 Å². The SMILES string of the molecule is COc1ccc(CNC(C)C2CCCO2)cc1[N+](=O)[O-]. The lowest BCUT2D eigenvalue weighted by Gasteiger charge is -2.20. The third-order valence-corrected chi connectivity index (χ3v) is 3.59. The molecule has 0 aliphatic carbocycles. The van der Waals surface area contributed by atoms with Crippen LogP contribution < -0.4 is 10.1 Å². The largest absolute Gasteiger partial charge is 0.490 e. The zero-order valence-corrected chi connectivity index (χ0v) is 11.8. The number of hydrogen-bond donors (Lipinski definition) is 1. The molecule has 0 bridgehead atoms. The van der Waals surface area contributed by atoms with Gasteiger partial charge in [-0.3, -0.25) is 10.1 Å². The predicted octanol–water partition coefficient (Wildman–Crippen LogP) is 2.26. The Morgan fingerprint density at radius 3 is 3.00 bits per heavy atom. The molecule has 1 fully saturated rings. The van der Waals surface area contributed by atoms with Crippen LogP contribution in [0.3, 0.4) is 0 Å². The fraction of sp³-hybridized carbons (Fsp3) is 0.571. The van der Waals surface area contributed by atoms with Gasteiger partial charge in [0, 0.05) is 25.3 Å². The van der Waals surface area contributed by atoms with E-state index in [2.05, 4.69) is 12.2 Å². The summed E-state index contributed by atoms with van der Waals surface area (Å²) >= 11 is 0. The minimum atomic E-state index is -0.425. The Labute approximate surface area is 118 Å². The van der Waals surface area contributed by atoms with Gasteiger partial charge in [0.2, 0.25) is 0 Å². The number of methoxy groups -OCH3 is 1. The summed E-state index contributed by atoms with van der Waals surface area (Å²) in [5.74, 6) is 0.283. The molecule has 2 atom stereocenters. The van der Waals surface area contributed by atoms with E-state index >= 15 is 0 Å². The second-order valence-corrected chi connectivity index (χ2v) is 4.98. The molecule has 1 N–H and O–H groups in total. The molecule has 0 spiro atoms. The summed E-state index contributed by atoms with van der Waals surface area (Å²) < 4.78 is 10.6. The molecule has 1 aliphatic heterocycles. The molecule has 1 aromatic rings. The fourth-order valence-electron chi connectivity index (χ4n) is 2.40. The standard InChI is InChI=1S/C14H20N2O4/c1-10(13-4-3-7-20-13)15-9-11-5-6-14(19-2)12(8-11)16(17)18/h5-6,8,10,13,15H,3-4,7,9H2,1-2H3. The van der Waals surface area contributed by atoms with Crippen molar-refractivity contribution in [2.24, 2.45) is 0 Å². The van der Waals surface area contributed by atoms with E-state index in [4.69, 9.17) is 9.47 Å². The van der Waals surface area contributed by atoms with Gasteiger partial charge in [0.15, 0.2) is 5.75 Å². The van der Waals surface area contributed by atoms with E-state index < -0.39 is 4.92 Å². The zero-order chi connectivity index (χ0) is 14.5. The molecule has 0 radical (unpaired) electrons. The highest BCUT2D eigenvalue weighted by Crippen LogP contribution is 2.27. The highest BCUT2D eigenvalue weighted by molar-refractivity contribution is 5.48. The Morgan fingerprint density at radius 2 is 2.40 bits per heavy atom. The van der Waals surface area contributed by atoms with Crippen molar-refractivity contribution < 1.29 is 14.4 Å². The number of rotatable bonds is 6. The second kappa shape index (κ2) is 6.67. The summed E-state index contributed by atoms with van der Waals surface area (Å²) in [4.78, 5) is 10.5. The van der Waals surface area contributed by atoms with Crippen molar-refractivity contribution in [1.82, 2.24) is 5.32 Å². The van der Waals surface area contributed by atoms with Crippen LogP contribution >= 0.6 is 0 Å². The van der Waals surface area contributed by atoms with Gasteiger partial charge in [-0.15, -0.1) is 0 Å². The van der Waals surface area contributed by atoms with E-state index in [1.54, 1.807) is 12.1 Å². The van der Waals surface area contributed by atoms with Gasteiger partial charge in [0.25, 0.3) is 0 Å². The molecule has 0 amide bonds. The highest BCUT2D eigenvalue weighted by atomic mass is 16.6. The second-order valence-electron chi connectivity index (χ2n) is 4.98. The Bertz CT molecular complexity index is 472. The molecule has 2 unspecified atom stereocenters. The van der Waals surface area contributed by atoms with Crippen molar-refractivity contribution in [1.29, 1.82) is 0 Å². The number of nitrogens with one attached hydrogen (secondary N) is 1. The van der Waals surface area contributed by atoms with Gasteiger partial charge in [0.05, 0.1) is 18.1 Å². The van der Waals surface area contributed by atoms with Crippen molar-refractivity contribution in [3.63, 3.8) is 0 Å². The predicted molar refractivity (Wildman–Crippen MR) is 74.9 cm³/mol. The molecule has 1 saturated heterocycles. The quantitative estimate of drug-likeness (QED) is 0.639. The molecule has 0 aromatic heterocycles. The van der Waals surface area contributed by atoms with E-state index in [0.717, 1.165) is 25.0 Å². The van der Waals surface area contributed by atoms with Crippen LogP contribution in [0.2, 0.25) is 0 Å². The monoisotopic (exact) mass is 280 g/mol. The number of nitro benzene ring substituents is 1. The van der Waals surface area contributed by atoms with Crippen LogP contribution in [0.5, 0.6) is 5.75 Å². The Balaban J connectivity index is 1.98. The van der Waals surface area contributed by atoms with Crippen molar-refractivity contribution >= 4 is 5.69 Å². The van der Waals surface area contributed by atoms with Crippen molar-refractivity contribution in [2.75, 3.05) is 13.7 Å². The molecule has 6 heteroatoms. The number of ether oxygens (including phenoxy) is 2. The first-order valence-corrected chi connectivity index (χ1v) is 6.78. The van der Waals surface area contributed by atoms with E-state index in [1.807, 2.05) is 6.07 Å². The first kappa shape index (κ1) is 14.7. The molecule has 2 rings (SSSR count). The van der Waals surface area contributed by atoms with Crippen LogP contribution in [0.25, 0.3) is 0 Å². The number of nitro groups is 1. The number of nitrogens with zero attached hydrogens (tertiary/aromatic N) is 1. The van der Waals surface area contributed by atoms with Gasteiger partial charge < -0.3 is 14.8 Å². The molecule has 6 nitrogen and oxygen atoms in total. The first-order valence-electron chi connectivity index (χ1n) is 6.78.